The molecule has 112 valence electrons. The van der Waals surface area contributed by atoms with E-state index in [1.807, 2.05) is 0 Å². The average Bonchev–Trinajstić information content (AvgIpc) is 2.82. The van der Waals surface area contributed by atoms with Gasteiger partial charge in [-0.05, 0) is 42.4 Å². The molecule has 2 fully saturated rings. The van der Waals surface area contributed by atoms with Crippen LogP contribution in [0.2, 0.25) is 5.02 Å². The number of hydrazone groups is 1. The first-order valence-corrected chi connectivity index (χ1v) is 7.88. The summed E-state index contributed by atoms with van der Waals surface area (Å²) in [5.41, 5.74) is 0.806. The van der Waals surface area contributed by atoms with Gasteiger partial charge < -0.3 is 0 Å². The van der Waals surface area contributed by atoms with Crippen molar-refractivity contribution in [1.29, 1.82) is 0 Å². The third-order valence-electron chi connectivity index (χ3n) is 4.93. The first-order chi connectivity index (χ1) is 10.6. The van der Waals surface area contributed by atoms with Crippen LogP contribution < -0.4 is 0 Å². The number of nitrogens with zero attached hydrogens (tertiary/aromatic N) is 2. The van der Waals surface area contributed by atoms with E-state index in [9.17, 15) is 9.59 Å². The smallest absolute Gasteiger partial charge is 0.254 e. The van der Waals surface area contributed by atoms with E-state index in [4.69, 9.17) is 11.6 Å². The molecule has 0 N–H and O–H groups in total. The van der Waals surface area contributed by atoms with Gasteiger partial charge in [-0.25, -0.2) is 0 Å². The largest absolute Gasteiger partial charge is 0.272 e. The van der Waals surface area contributed by atoms with E-state index in [0.29, 0.717) is 5.02 Å². The molecule has 4 atom stereocenters. The third kappa shape index (κ3) is 2.02. The summed E-state index contributed by atoms with van der Waals surface area (Å²) in [5.74, 6) is -0.333. The van der Waals surface area contributed by atoms with Crippen LogP contribution in [-0.4, -0.2) is 23.0 Å². The number of amides is 2. The zero-order valence-corrected chi connectivity index (χ0v) is 12.6. The van der Waals surface area contributed by atoms with Crippen molar-refractivity contribution in [2.24, 2.45) is 28.8 Å². The molecule has 4 aliphatic rings. The first-order valence-electron chi connectivity index (χ1n) is 7.51. The van der Waals surface area contributed by atoms with Crippen LogP contribution in [-0.2, 0) is 9.59 Å². The molecule has 1 aromatic rings. The molecule has 0 aromatic heterocycles. The number of allylic oxidation sites excluding steroid dienone is 2. The van der Waals surface area contributed by atoms with Gasteiger partial charge in [0.2, 0.25) is 0 Å². The number of hydrogen-bond acceptors (Lipinski definition) is 3. The van der Waals surface area contributed by atoms with Crippen molar-refractivity contribution in [3.63, 3.8) is 0 Å². The summed E-state index contributed by atoms with van der Waals surface area (Å²) in [7, 11) is 0. The minimum atomic E-state index is -0.210. The second kappa shape index (κ2) is 5.06. The highest BCUT2D eigenvalue weighted by Crippen LogP contribution is 2.49. The SMILES string of the molecule is O=C1[C@@H]2[C@H](C(=O)N1/N=C\c1ccc(Cl)cc1)[C@@H]1C=C[C@@H]2CC1. The van der Waals surface area contributed by atoms with E-state index < -0.39 is 0 Å². The number of rotatable bonds is 2. The van der Waals surface area contributed by atoms with Crippen LogP contribution in [0, 0.1) is 23.7 Å². The molecule has 1 saturated heterocycles. The molecule has 3 aliphatic carbocycles. The number of fused-ring (bicyclic) bond motifs is 1. The summed E-state index contributed by atoms with van der Waals surface area (Å²) in [6.07, 6.45) is 7.74. The molecule has 1 aliphatic heterocycles. The van der Waals surface area contributed by atoms with Crippen LogP contribution in [0.3, 0.4) is 0 Å². The summed E-state index contributed by atoms with van der Waals surface area (Å²) < 4.78 is 0. The highest BCUT2D eigenvalue weighted by molar-refractivity contribution is 6.30. The predicted molar refractivity (Wildman–Crippen MR) is 83.2 cm³/mol. The molecule has 4 nitrogen and oxygen atoms in total. The van der Waals surface area contributed by atoms with Gasteiger partial charge in [0.05, 0.1) is 18.1 Å². The Morgan fingerprint density at radius 2 is 1.55 bits per heavy atom. The molecule has 0 spiro atoms. The number of carbonyl (C=O) groups excluding carboxylic acids is 2. The van der Waals surface area contributed by atoms with Crippen molar-refractivity contribution in [2.45, 2.75) is 12.8 Å². The van der Waals surface area contributed by atoms with Crippen LogP contribution >= 0.6 is 11.6 Å². The van der Waals surface area contributed by atoms with E-state index in [2.05, 4.69) is 17.3 Å². The zero-order valence-electron chi connectivity index (χ0n) is 11.9. The fourth-order valence-electron chi connectivity index (χ4n) is 3.85. The molecule has 2 bridgehead atoms. The number of carbonyl (C=O) groups is 2. The molecule has 1 heterocycles. The molecule has 0 unspecified atom stereocenters. The van der Waals surface area contributed by atoms with Crippen LogP contribution in [0.1, 0.15) is 18.4 Å². The summed E-state index contributed by atoms with van der Waals surface area (Å²) in [4.78, 5) is 25.1. The molecule has 22 heavy (non-hydrogen) atoms. The quantitative estimate of drug-likeness (QED) is 0.479. The van der Waals surface area contributed by atoms with E-state index >= 15 is 0 Å². The Kier molecular flexibility index (Phi) is 3.15. The monoisotopic (exact) mass is 314 g/mol. The Morgan fingerprint density at radius 1 is 1.00 bits per heavy atom. The Morgan fingerprint density at radius 3 is 2.05 bits per heavy atom. The summed E-state index contributed by atoms with van der Waals surface area (Å²) in [5, 5.41) is 5.85. The lowest BCUT2D eigenvalue weighted by atomic mass is 9.63. The second-order valence-electron chi connectivity index (χ2n) is 6.13. The highest BCUT2D eigenvalue weighted by Gasteiger charge is 2.56. The van der Waals surface area contributed by atoms with Gasteiger partial charge in [-0.15, -0.1) is 0 Å². The Balaban J connectivity index is 1.60. The average molecular weight is 315 g/mol. The maximum atomic E-state index is 12.6. The van der Waals surface area contributed by atoms with Crippen molar-refractivity contribution in [3.05, 3.63) is 47.0 Å². The second-order valence-corrected chi connectivity index (χ2v) is 6.56. The topological polar surface area (TPSA) is 49.7 Å². The maximum Gasteiger partial charge on any atom is 0.254 e. The Labute approximate surface area is 133 Å². The summed E-state index contributed by atoms with van der Waals surface area (Å²) in [6.45, 7) is 0. The summed E-state index contributed by atoms with van der Waals surface area (Å²) in [6, 6.07) is 7.10. The molecule has 1 aromatic carbocycles. The van der Waals surface area contributed by atoms with Crippen molar-refractivity contribution in [1.82, 2.24) is 5.01 Å². The van der Waals surface area contributed by atoms with Crippen molar-refractivity contribution in [2.75, 3.05) is 0 Å². The lowest BCUT2D eigenvalue weighted by Crippen LogP contribution is -2.38. The highest BCUT2D eigenvalue weighted by atomic mass is 35.5. The molecule has 5 rings (SSSR count). The van der Waals surface area contributed by atoms with Gasteiger partial charge in [0.1, 0.15) is 0 Å². The fraction of sp³-hybridized carbons (Fsp3) is 0.353. The van der Waals surface area contributed by atoms with Crippen LogP contribution in [0.5, 0.6) is 0 Å². The fourth-order valence-corrected chi connectivity index (χ4v) is 3.97. The van der Waals surface area contributed by atoms with Gasteiger partial charge in [0.25, 0.3) is 11.8 Å². The molecular formula is C17H15ClN2O2. The molecule has 2 amide bonds. The van der Waals surface area contributed by atoms with E-state index in [1.54, 1.807) is 30.5 Å². The Bertz CT molecular complexity index is 663. The maximum absolute atomic E-state index is 12.6. The number of benzene rings is 1. The minimum Gasteiger partial charge on any atom is -0.272 e. The van der Waals surface area contributed by atoms with Gasteiger partial charge in [-0.2, -0.15) is 10.1 Å². The number of hydrogen-bond donors (Lipinski definition) is 0. The zero-order chi connectivity index (χ0) is 15.3. The molecular weight excluding hydrogens is 300 g/mol. The van der Waals surface area contributed by atoms with E-state index in [1.165, 1.54) is 0 Å². The lowest BCUT2D eigenvalue weighted by Gasteiger charge is -2.37. The predicted octanol–water partition coefficient (Wildman–Crippen LogP) is 2.87. The first kappa shape index (κ1) is 13.7. The van der Waals surface area contributed by atoms with Gasteiger partial charge in [-0.1, -0.05) is 35.9 Å². The van der Waals surface area contributed by atoms with Crippen molar-refractivity contribution < 1.29 is 9.59 Å². The van der Waals surface area contributed by atoms with Gasteiger partial charge in [-0.3, -0.25) is 9.59 Å². The van der Waals surface area contributed by atoms with E-state index in [0.717, 1.165) is 23.4 Å². The van der Waals surface area contributed by atoms with E-state index in [-0.39, 0.29) is 35.5 Å². The van der Waals surface area contributed by atoms with Gasteiger partial charge >= 0.3 is 0 Å². The number of imide groups is 1. The standard InChI is InChI=1S/C17H15ClN2O2/c18-13-7-1-10(2-8-13)9-19-20-16(21)14-11-3-4-12(6-5-11)15(14)17(20)22/h1-4,7-9,11-12,14-15H,5-6H2/b19-9-/t11-,12-,14-,15+/m1/s1. The molecule has 0 radical (unpaired) electrons. The Hall–Kier alpha value is -1.94. The van der Waals surface area contributed by atoms with Crippen molar-refractivity contribution in [3.8, 4) is 0 Å². The molecule has 1 saturated carbocycles. The molecule has 5 heteroatoms. The van der Waals surface area contributed by atoms with Crippen LogP contribution in [0.4, 0.5) is 0 Å². The van der Waals surface area contributed by atoms with Crippen LogP contribution in [0.15, 0.2) is 41.5 Å². The summed E-state index contributed by atoms with van der Waals surface area (Å²) >= 11 is 5.84. The van der Waals surface area contributed by atoms with Gasteiger partial charge in [0, 0.05) is 5.02 Å². The lowest BCUT2D eigenvalue weighted by molar-refractivity contribution is -0.140. The minimum absolute atomic E-state index is 0.153. The number of halogens is 1. The van der Waals surface area contributed by atoms with Gasteiger partial charge in [0.15, 0.2) is 0 Å². The van der Waals surface area contributed by atoms with Crippen molar-refractivity contribution >= 4 is 29.6 Å². The third-order valence-corrected chi connectivity index (χ3v) is 5.18. The normalized spacial score (nSPS) is 33.0. The van der Waals surface area contributed by atoms with Crippen LogP contribution in [0.25, 0.3) is 0 Å².